The molecular formula is C76H69NO2. The van der Waals surface area contributed by atoms with E-state index in [0.717, 1.165) is 40.1 Å². The molecule has 0 saturated heterocycles. The van der Waals surface area contributed by atoms with Gasteiger partial charge in [0.15, 0.2) is 0 Å². The molecular weight excluding hydrogens is 959 g/mol. The first-order valence-electron chi connectivity index (χ1n) is 28.4. The van der Waals surface area contributed by atoms with Gasteiger partial charge in [-0.05, 0) is 173 Å². The molecule has 10 aromatic carbocycles. The number of anilines is 3. The van der Waals surface area contributed by atoms with Gasteiger partial charge in [-0.15, -0.1) is 0 Å². The van der Waals surface area contributed by atoms with Gasteiger partial charge < -0.3 is 14.4 Å². The van der Waals surface area contributed by atoms with Gasteiger partial charge in [-0.1, -0.05) is 204 Å². The largest absolute Gasteiger partial charge is 0.457 e. The first-order valence-corrected chi connectivity index (χ1v) is 28.4. The predicted molar refractivity (Wildman–Crippen MR) is 328 cm³/mol. The van der Waals surface area contributed by atoms with Gasteiger partial charge in [-0.2, -0.15) is 0 Å². The number of benzene rings is 10. The maximum atomic E-state index is 7.10. The Morgan fingerprint density at radius 2 is 0.633 bits per heavy atom. The summed E-state index contributed by atoms with van der Waals surface area (Å²) in [5, 5.41) is 2.37. The minimum atomic E-state index is -0.702. The van der Waals surface area contributed by atoms with Crippen LogP contribution in [0.5, 0.6) is 23.0 Å². The lowest BCUT2D eigenvalue weighted by atomic mass is 9.64. The van der Waals surface area contributed by atoms with E-state index in [9.17, 15) is 0 Å². The average Bonchev–Trinajstić information content (AvgIpc) is 4.15. The molecule has 2 aliphatic carbocycles. The van der Waals surface area contributed by atoms with Crippen LogP contribution < -0.4 is 14.4 Å². The molecule has 0 atom stereocenters. The molecule has 0 unspecified atom stereocenters. The molecule has 79 heavy (non-hydrogen) atoms. The lowest BCUT2D eigenvalue weighted by Crippen LogP contribution is -2.33. The van der Waals surface area contributed by atoms with E-state index in [1.807, 2.05) is 0 Å². The van der Waals surface area contributed by atoms with Gasteiger partial charge in [-0.3, -0.25) is 0 Å². The summed E-state index contributed by atoms with van der Waals surface area (Å²) >= 11 is 0. The van der Waals surface area contributed by atoms with Crippen LogP contribution in [0, 0.1) is 0 Å². The van der Waals surface area contributed by atoms with Crippen LogP contribution in [-0.2, 0) is 32.5 Å². The topological polar surface area (TPSA) is 21.7 Å². The van der Waals surface area contributed by atoms with Gasteiger partial charge in [-0.25, -0.2) is 0 Å². The Labute approximate surface area is 467 Å². The minimum Gasteiger partial charge on any atom is -0.457 e. The summed E-state index contributed by atoms with van der Waals surface area (Å²) in [5.41, 5.74) is 21.3. The van der Waals surface area contributed by atoms with E-state index in [-0.39, 0.29) is 21.7 Å². The van der Waals surface area contributed by atoms with Crippen molar-refractivity contribution >= 4 is 27.8 Å². The molecule has 3 nitrogen and oxygen atoms in total. The molecule has 0 fully saturated rings. The summed E-state index contributed by atoms with van der Waals surface area (Å²) in [4.78, 5) is 2.55. The third kappa shape index (κ3) is 7.10. The van der Waals surface area contributed by atoms with Crippen LogP contribution in [0.15, 0.2) is 200 Å². The van der Waals surface area contributed by atoms with Gasteiger partial charge in [0.2, 0.25) is 0 Å². The highest BCUT2D eigenvalue weighted by molar-refractivity contribution is 6.01. The monoisotopic (exact) mass is 1030 g/mol. The van der Waals surface area contributed by atoms with Crippen LogP contribution in [0.1, 0.15) is 150 Å². The van der Waals surface area contributed by atoms with Crippen molar-refractivity contribution in [1.82, 2.24) is 0 Å². The molecule has 4 aliphatic rings. The summed E-state index contributed by atoms with van der Waals surface area (Å²) in [6.45, 7) is 27.8. The van der Waals surface area contributed by atoms with E-state index in [2.05, 4.69) is 288 Å². The fourth-order valence-corrected chi connectivity index (χ4v) is 13.8. The number of ether oxygens (including phenoxy) is 2. The predicted octanol–water partition coefficient (Wildman–Crippen LogP) is 20.4. The van der Waals surface area contributed by atoms with E-state index in [0.29, 0.717) is 0 Å². The highest BCUT2D eigenvalue weighted by atomic mass is 16.5. The molecule has 14 rings (SSSR count). The second-order valence-electron chi connectivity index (χ2n) is 26.9. The van der Waals surface area contributed by atoms with Crippen molar-refractivity contribution < 1.29 is 9.47 Å². The number of hydrogen-bond donors (Lipinski definition) is 0. The quantitative estimate of drug-likeness (QED) is 0.176. The Morgan fingerprint density at radius 3 is 1.03 bits per heavy atom. The smallest absolute Gasteiger partial charge is 0.132 e. The first-order chi connectivity index (χ1) is 37.7. The van der Waals surface area contributed by atoms with Crippen LogP contribution in [0.4, 0.5) is 17.1 Å². The Morgan fingerprint density at radius 1 is 0.291 bits per heavy atom. The third-order valence-electron chi connectivity index (χ3n) is 18.0. The number of fused-ring (bicyclic) bond motifs is 19. The second-order valence-corrected chi connectivity index (χ2v) is 26.9. The van der Waals surface area contributed by atoms with Crippen molar-refractivity contribution in [3.63, 3.8) is 0 Å². The van der Waals surface area contributed by atoms with Gasteiger partial charge in [0.1, 0.15) is 23.0 Å². The molecule has 390 valence electrons. The molecule has 2 heterocycles. The molecule has 0 saturated carbocycles. The van der Waals surface area contributed by atoms with Crippen LogP contribution in [0.25, 0.3) is 33.0 Å². The molecule has 0 bridgehead atoms. The lowest BCUT2D eigenvalue weighted by molar-refractivity contribution is 0.433. The molecule has 0 amide bonds. The lowest BCUT2D eigenvalue weighted by Gasteiger charge is -2.41. The van der Waals surface area contributed by atoms with Crippen molar-refractivity contribution in [2.45, 2.75) is 116 Å². The average molecular weight is 1030 g/mol. The van der Waals surface area contributed by atoms with Gasteiger partial charge >= 0.3 is 0 Å². The molecule has 0 aromatic heterocycles. The van der Waals surface area contributed by atoms with Crippen molar-refractivity contribution in [2.24, 2.45) is 0 Å². The fraction of sp³-hybridized carbons (Fsp3) is 0.237. The van der Waals surface area contributed by atoms with Gasteiger partial charge in [0.25, 0.3) is 0 Å². The van der Waals surface area contributed by atoms with E-state index in [4.69, 9.17) is 9.47 Å². The van der Waals surface area contributed by atoms with E-state index in [1.54, 1.807) is 0 Å². The van der Waals surface area contributed by atoms with E-state index >= 15 is 0 Å². The summed E-state index contributed by atoms with van der Waals surface area (Å²) in [5.74, 6) is 3.58. The third-order valence-corrected chi connectivity index (χ3v) is 18.0. The van der Waals surface area contributed by atoms with E-state index < -0.39 is 10.8 Å². The molecule has 10 aromatic rings. The normalized spacial score (nSPS) is 15.0. The van der Waals surface area contributed by atoms with Crippen LogP contribution >= 0.6 is 0 Å². The number of hydrogen-bond acceptors (Lipinski definition) is 3. The maximum absolute atomic E-state index is 7.10. The molecule has 0 radical (unpaired) electrons. The summed E-state index contributed by atoms with van der Waals surface area (Å²) in [7, 11) is 0. The Hall–Kier alpha value is -8.14. The second kappa shape index (κ2) is 16.7. The first kappa shape index (κ1) is 49.2. The molecule has 2 aliphatic heterocycles. The minimum absolute atomic E-state index is 0.101. The molecule has 0 N–H and O–H groups in total. The highest BCUT2D eigenvalue weighted by Gasteiger charge is 2.54. The Bertz CT molecular complexity index is 3840. The van der Waals surface area contributed by atoms with Crippen LogP contribution in [-0.4, -0.2) is 0 Å². The van der Waals surface area contributed by atoms with Crippen molar-refractivity contribution in [3.8, 4) is 45.3 Å². The molecule has 3 heteroatoms. The summed E-state index contributed by atoms with van der Waals surface area (Å²) in [6, 6.07) is 76.3. The number of rotatable bonds is 3. The summed E-state index contributed by atoms with van der Waals surface area (Å²) < 4.78 is 14.2. The number of nitrogens with zero attached hydrogens (tertiary/aromatic N) is 1. The fourth-order valence-electron chi connectivity index (χ4n) is 13.8. The zero-order valence-corrected chi connectivity index (χ0v) is 47.8. The highest BCUT2D eigenvalue weighted by Crippen LogP contribution is 2.66. The van der Waals surface area contributed by atoms with Crippen molar-refractivity contribution in [1.29, 1.82) is 0 Å². The van der Waals surface area contributed by atoms with Gasteiger partial charge in [0, 0.05) is 39.0 Å². The van der Waals surface area contributed by atoms with Gasteiger partial charge in [0.05, 0.1) is 16.5 Å². The van der Waals surface area contributed by atoms with Crippen LogP contribution in [0.3, 0.4) is 0 Å². The Kier molecular flexibility index (Phi) is 10.4. The SMILES string of the molecule is CC(C)(C)c1ccc2c(c1)C1(c3cc(C(C)(C)C)ccc3O2)c2ccccc2-c2ccc(N(c3ccc4c(c3)C3(c5cc(C(C)(C)C)ccc5Oc5ccc(C(C)(C)C)cc53)c3ccccc3-4)c3cccc4ccccc34)cc21. The molecule has 2 spiro atoms. The van der Waals surface area contributed by atoms with Crippen LogP contribution in [0.2, 0.25) is 0 Å². The maximum Gasteiger partial charge on any atom is 0.132 e. The summed E-state index contributed by atoms with van der Waals surface area (Å²) in [6.07, 6.45) is 0. The van der Waals surface area contributed by atoms with E-state index in [1.165, 1.54) is 99.8 Å². The zero-order valence-electron chi connectivity index (χ0n) is 47.8. The van der Waals surface area contributed by atoms with Crippen molar-refractivity contribution in [2.75, 3.05) is 4.90 Å². The standard InChI is InChI=1S/C76H69NO2/c1-71(2,3)47-28-36-67-62(40-47)75(63-41-48(72(4,5)6)29-37-68(63)78-67)58-25-17-15-23-54(58)56-34-32-51(44-60(56)75)77(66-27-19-21-46-20-13-14-22-53(46)66)52-33-35-57-55-24-16-18-26-59(55)76(61(57)45-52)64-42-49(73(7,8)9)30-38-69(64)79-70-39-31-50(43-65(70)76)74(10,11)12/h13-45H,1-12H3. The Balaban J connectivity index is 1.09. The zero-order chi connectivity index (χ0) is 54.8. The van der Waals surface area contributed by atoms with Crippen molar-refractivity contribution in [3.05, 3.63) is 267 Å².